The number of rotatable bonds is 7. The first kappa shape index (κ1) is 18.1. The summed E-state index contributed by atoms with van der Waals surface area (Å²) in [5, 5.41) is 12.9. The van der Waals surface area contributed by atoms with Crippen LogP contribution in [0.4, 0.5) is 4.39 Å². The quantitative estimate of drug-likeness (QED) is 0.816. The van der Waals surface area contributed by atoms with Gasteiger partial charge in [-0.05, 0) is 37.1 Å². The average molecular weight is 361 g/mol. The molecule has 1 atom stereocenters. The molecule has 1 fully saturated rings. The van der Waals surface area contributed by atoms with Gasteiger partial charge in [-0.1, -0.05) is 0 Å². The van der Waals surface area contributed by atoms with Crippen LogP contribution >= 0.6 is 0 Å². The van der Waals surface area contributed by atoms with Crippen molar-refractivity contribution in [2.24, 2.45) is 0 Å². The lowest BCUT2D eigenvalue weighted by atomic mass is 10.1. The van der Waals surface area contributed by atoms with Gasteiger partial charge in [0.2, 0.25) is 0 Å². The Morgan fingerprint density at radius 3 is 2.88 bits per heavy atom. The summed E-state index contributed by atoms with van der Waals surface area (Å²) in [7, 11) is 0. The first-order valence-electron chi connectivity index (χ1n) is 8.47. The zero-order valence-corrected chi connectivity index (χ0v) is 14.2. The molecule has 0 spiro atoms. The van der Waals surface area contributed by atoms with Gasteiger partial charge in [-0.2, -0.15) is 5.10 Å². The molecule has 1 aromatic carbocycles. The van der Waals surface area contributed by atoms with Crippen LogP contribution in [0.15, 0.2) is 36.7 Å². The third-order valence-corrected chi connectivity index (χ3v) is 4.28. The maximum atomic E-state index is 14.4. The number of hydrogen-bond donors (Lipinski definition) is 1. The molecule has 0 bridgehead atoms. The van der Waals surface area contributed by atoms with Crippen LogP contribution in [-0.2, 0) is 9.53 Å². The highest BCUT2D eigenvalue weighted by atomic mass is 19.1. The van der Waals surface area contributed by atoms with Crippen molar-refractivity contribution in [2.75, 3.05) is 19.7 Å². The smallest absolute Gasteiger partial charge is 0.305 e. The number of benzene rings is 1. The van der Waals surface area contributed by atoms with E-state index in [0.717, 1.165) is 18.9 Å². The van der Waals surface area contributed by atoms with E-state index in [9.17, 15) is 14.0 Å². The van der Waals surface area contributed by atoms with Crippen LogP contribution in [-0.4, -0.2) is 57.5 Å². The van der Waals surface area contributed by atoms with Crippen molar-refractivity contribution in [1.82, 2.24) is 14.7 Å². The van der Waals surface area contributed by atoms with Gasteiger partial charge in [-0.15, -0.1) is 0 Å². The van der Waals surface area contributed by atoms with Crippen LogP contribution in [0.5, 0.6) is 0 Å². The van der Waals surface area contributed by atoms with Gasteiger partial charge in [0.05, 0.1) is 12.5 Å². The van der Waals surface area contributed by atoms with E-state index in [-0.39, 0.29) is 30.3 Å². The van der Waals surface area contributed by atoms with Crippen molar-refractivity contribution < 1.29 is 23.8 Å². The zero-order chi connectivity index (χ0) is 18.5. The number of aromatic nitrogens is 2. The molecule has 138 valence electrons. The highest BCUT2D eigenvalue weighted by Crippen LogP contribution is 2.18. The molecule has 0 saturated carbocycles. The molecule has 1 N–H and O–H groups in total. The lowest BCUT2D eigenvalue weighted by Gasteiger charge is -2.25. The number of ether oxygens (including phenoxy) is 1. The van der Waals surface area contributed by atoms with Crippen LogP contribution in [0, 0.1) is 5.82 Å². The molecule has 0 radical (unpaired) electrons. The van der Waals surface area contributed by atoms with Crippen LogP contribution in [0.2, 0.25) is 0 Å². The minimum Gasteiger partial charge on any atom is -0.481 e. The third-order valence-electron chi connectivity index (χ3n) is 4.28. The summed E-state index contributed by atoms with van der Waals surface area (Å²) in [4.78, 5) is 25.1. The molecule has 1 aliphatic rings. The zero-order valence-electron chi connectivity index (χ0n) is 14.2. The molecule has 1 aliphatic heterocycles. The molecule has 1 amide bonds. The maximum absolute atomic E-state index is 14.4. The number of carbonyl (C=O) groups excluding carboxylic acids is 1. The van der Waals surface area contributed by atoms with Gasteiger partial charge in [-0.3, -0.25) is 9.59 Å². The fourth-order valence-electron chi connectivity index (χ4n) is 2.96. The Kier molecular flexibility index (Phi) is 5.62. The molecule has 0 aliphatic carbocycles. The van der Waals surface area contributed by atoms with E-state index >= 15 is 0 Å². The van der Waals surface area contributed by atoms with E-state index in [1.54, 1.807) is 12.3 Å². The Bertz CT molecular complexity index is 773. The number of carboxylic acid groups (broad SMARTS) is 1. The number of halogens is 1. The molecule has 26 heavy (non-hydrogen) atoms. The lowest BCUT2D eigenvalue weighted by molar-refractivity contribution is -0.137. The Labute approximate surface area is 150 Å². The lowest BCUT2D eigenvalue weighted by Crippen LogP contribution is -2.38. The number of carbonyl (C=O) groups is 2. The molecule has 1 saturated heterocycles. The SMILES string of the molecule is O=C(O)CCN(CC1CCCO1)C(=O)c1ccc(-n2cccn2)c(F)c1. The summed E-state index contributed by atoms with van der Waals surface area (Å²) >= 11 is 0. The van der Waals surface area contributed by atoms with Crippen LogP contribution in [0.3, 0.4) is 0 Å². The molecule has 3 rings (SSSR count). The van der Waals surface area contributed by atoms with E-state index in [4.69, 9.17) is 9.84 Å². The van der Waals surface area contributed by atoms with Crippen LogP contribution in [0.1, 0.15) is 29.6 Å². The first-order chi connectivity index (χ1) is 12.5. The molecule has 2 aromatic rings. The Morgan fingerprint density at radius 2 is 2.27 bits per heavy atom. The van der Waals surface area contributed by atoms with Gasteiger partial charge in [0.15, 0.2) is 0 Å². The monoisotopic (exact) mass is 361 g/mol. The van der Waals surface area contributed by atoms with E-state index in [2.05, 4.69) is 5.10 Å². The van der Waals surface area contributed by atoms with Gasteiger partial charge in [0, 0.05) is 37.7 Å². The molecule has 7 nitrogen and oxygen atoms in total. The van der Waals surface area contributed by atoms with E-state index in [1.165, 1.54) is 27.9 Å². The van der Waals surface area contributed by atoms with E-state index in [0.29, 0.717) is 13.2 Å². The summed E-state index contributed by atoms with van der Waals surface area (Å²) in [5.74, 6) is -1.97. The standard InChI is InChI=1S/C18H20FN3O4/c19-15-11-13(4-5-16(15)22-8-2-7-20-22)18(25)21(9-6-17(23)24)12-14-3-1-10-26-14/h2,4-5,7-8,11,14H,1,3,6,9-10,12H2,(H,23,24). The number of nitrogens with zero attached hydrogens (tertiary/aromatic N) is 3. The second kappa shape index (κ2) is 8.09. The van der Waals surface area contributed by atoms with Crippen molar-refractivity contribution in [2.45, 2.75) is 25.4 Å². The van der Waals surface area contributed by atoms with Crippen molar-refractivity contribution in [1.29, 1.82) is 0 Å². The highest BCUT2D eigenvalue weighted by Gasteiger charge is 2.24. The number of aliphatic carboxylic acids is 1. The second-order valence-corrected chi connectivity index (χ2v) is 6.15. The Hall–Kier alpha value is -2.74. The minimum atomic E-state index is -0.990. The molecule has 1 unspecified atom stereocenters. The number of amides is 1. The van der Waals surface area contributed by atoms with E-state index in [1.807, 2.05) is 0 Å². The highest BCUT2D eigenvalue weighted by molar-refractivity contribution is 5.94. The summed E-state index contributed by atoms with van der Waals surface area (Å²) in [5.41, 5.74) is 0.407. The molecular formula is C18H20FN3O4. The van der Waals surface area contributed by atoms with Crippen molar-refractivity contribution in [3.63, 3.8) is 0 Å². The van der Waals surface area contributed by atoms with Crippen molar-refractivity contribution >= 4 is 11.9 Å². The van der Waals surface area contributed by atoms with Gasteiger partial charge in [0.25, 0.3) is 5.91 Å². The van der Waals surface area contributed by atoms with Crippen LogP contribution in [0.25, 0.3) is 5.69 Å². The van der Waals surface area contributed by atoms with Gasteiger partial charge in [0.1, 0.15) is 11.5 Å². The molecule has 2 heterocycles. The maximum Gasteiger partial charge on any atom is 0.305 e. The largest absolute Gasteiger partial charge is 0.481 e. The van der Waals surface area contributed by atoms with E-state index < -0.39 is 17.7 Å². The predicted octanol–water partition coefficient (Wildman–Crippen LogP) is 2.11. The normalized spacial score (nSPS) is 16.6. The molecular weight excluding hydrogens is 341 g/mol. The fraction of sp³-hybridized carbons (Fsp3) is 0.389. The topological polar surface area (TPSA) is 84.7 Å². The summed E-state index contributed by atoms with van der Waals surface area (Å²) in [6, 6.07) is 5.83. The summed E-state index contributed by atoms with van der Waals surface area (Å²) < 4.78 is 21.3. The average Bonchev–Trinajstić information content (AvgIpc) is 3.31. The predicted molar refractivity (Wildman–Crippen MR) is 90.7 cm³/mol. The summed E-state index contributed by atoms with van der Waals surface area (Å²) in [6.07, 6.45) is 4.60. The van der Waals surface area contributed by atoms with Crippen LogP contribution < -0.4 is 0 Å². The van der Waals surface area contributed by atoms with Crippen molar-refractivity contribution in [3.8, 4) is 5.69 Å². The fourth-order valence-corrected chi connectivity index (χ4v) is 2.96. The Morgan fingerprint density at radius 1 is 1.42 bits per heavy atom. The Balaban J connectivity index is 1.78. The molecule has 1 aromatic heterocycles. The molecule has 8 heteroatoms. The minimum absolute atomic E-state index is 0.0521. The first-order valence-corrected chi connectivity index (χ1v) is 8.47. The number of hydrogen-bond acceptors (Lipinski definition) is 4. The summed E-state index contributed by atoms with van der Waals surface area (Å²) in [6.45, 7) is 0.990. The van der Waals surface area contributed by atoms with Crippen molar-refractivity contribution in [3.05, 3.63) is 48.0 Å². The number of carboxylic acids is 1. The third kappa shape index (κ3) is 4.26. The van der Waals surface area contributed by atoms with Gasteiger partial charge >= 0.3 is 5.97 Å². The van der Waals surface area contributed by atoms with Gasteiger partial charge in [-0.25, -0.2) is 9.07 Å². The second-order valence-electron chi connectivity index (χ2n) is 6.15. The van der Waals surface area contributed by atoms with Gasteiger partial charge < -0.3 is 14.7 Å².